The van der Waals surface area contributed by atoms with Crippen molar-refractivity contribution in [2.24, 2.45) is 0 Å². The average molecular weight is 446 g/mol. The van der Waals surface area contributed by atoms with E-state index < -0.39 is 10.0 Å². The molecule has 0 radical (unpaired) electrons. The number of nitrogens with zero attached hydrogens (tertiary/aromatic N) is 3. The maximum atomic E-state index is 12.8. The van der Waals surface area contributed by atoms with Crippen molar-refractivity contribution in [1.82, 2.24) is 14.2 Å². The first-order chi connectivity index (χ1) is 14.9. The van der Waals surface area contributed by atoms with Gasteiger partial charge in [0.2, 0.25) is 10.0 Å². The first-order valence-corrected chi connectivity index (χ1v) is 12.8. The van der Waals surface area contributed by atoms with Crippen LogP contribution in [0.15, 0.2) is 34.7 Å². The van der Waals surface area contributed by atoms with Crippen LogP contribution in [0.25, 0.3) is 0 Å². The monoisotopic (exact) mass is 445 g/mol. The molecule has 8 heteroatoms. The topological polar surface area (TPSA) is 83.7 Å². The molecule has 1 amide bonds. The Balaban J connectivity index is 1.35. The van der Waals surface area contributed by atoms with E-state index in [9.17, 15) is 13.2 Å². The van der Waals surface area contributed by atoms with Gasteiger partial charge in [0.05, 0.1) is 5.75 Å². The van der Waals surface area contributed by atoms with Crippen LogP contribution in [0, 0.1) is 6.92 Å². The molecule has 2 saturated heterocycles. The lowest BCUT2D eigenvalue weighted by molar-refractivity contribution is 0.0717. The molecule has 2 aliphatic rings. The molecule has 0 unspecified atom stereocenters. The Morgan fingerprint density at radius 2 is 1.74 bits per heavy atom. The summed E-state index contributed by atoms with van der Waals surface area (Å²) in [6, 6.07) is 9.69. The van der Waals surface area contributed by atoms with E-state index in [0.29, 0.717) is 49.7 Å². The SMILES string of the molecule is Cc1oc(C2CCN(S(=O)(=O)CCc3ccccc3)CC2)nc1C(=O)N1CCCCC1. The molecule has 31 heavy (non-hydrogen) atoms. The molecule has 2 aliphatic heterocycles. The predicted octanol–water partition coefficient (Wildman–Crippen LogP) is 3.36. The number of amides is 1. The molecule has 3 heterocycles. The van der Waals surface area contributed by atoms with E-state index in [2.05, 4.69) is 4.98 Å². The summed E-state index contributed by atoms with van der Waals surface area (Å²) in [7, 11) is -3.30. The van der Waals surface area contributed by atoms with Crippen LogP contribution in [0.1, 0.15) is 65.7 Å². The third kappa shape index (κ3) is 5.18. The van der Waals surface area contributed by atoms with Crippen LogP contribution in [0.4, 0.5) is 0 Å². The van der Waals surface area contributed by atoms with Crippen molar-refractivity contribution in [2.45, 2.75) is 51.4 Å². The number of carbonyl (C=O) groups is 1. The summed E-state index contributed by atoms with van der Waals surface area (Å²) in [5, 5.41) is 0. The molecule has 0 atom stereocenters. The lowest BCUT2D eigenvalue weighted by atomic mass is 9.98. The van der Waals surface area contributed by atoms with Crippen LogP contribution < -0.4 is 0 Å². The highest BCUT2D eigenvalue weighted by Crippen LogP contribution is 2.30. The molecule has 1 aromatic heterocycles. The number of benzene rings is 1. The molecule has 0 N–H and O–H groups in total. The molecule has 7 nitrogen and oxygen atoms in total. The number of sulfonamides is 1. The van der Waals surface area contributed by atoms with Crippen LogP contribution in [0.3, 0.4) is 0 Å². The second-order valence-electron chi connectivity index (χ2n) is 8.53. The smallest absolute Gasteiger partial charge is 0.276 e. The Kier molecular flexibility index (Phi) is 6.77. The molecule has 0 saturated carbocycles. The van der Waals surface area contributed by atoms with E-state index in [1.807, 2.05) is 35.2 Å². The summed E-state index contributed by atoms with van der Waals surface area (Å²) >= 11 is 0. The van der Waals surface area contributed by atoms with Crippen molar-refractivity contribution >= 4 is 15.9 Å². The number of rotatable bonds is 6. The molecule has 0 spiro atoms. The second-order valence-corrected chi connectivity index (χ2v) is 10.6. The third-order valence-corrected chi connectivity index (χ3v) is 8.22. The van der Waals surface area contributed by atoms with E-state index in [4.69, 9.17) is 4.42 Å². The predicted molar refractivity (Wildman–Crippen MR) is 118 cm³/mol. The number of piperidine rings is 2. The molecule has 0 bridgehead atoms. The van der Waals surface area contributed by atoms with Gasteiger partial charge in [0.25, 0.3) is 5.91 Å². The maximum Gasteiger partial charge on any atom is 0.276 e. The molecule has 2 aromatic rings. The van der Waals surface area contributed by atoms with E-state index in [1.54, 1.807) is 11.2 Å². The van der Waals surface area contributed by atoms with Crippen LogP contribution in [-0.2, 0) is 16.4 Å². The van der Waals surface area contributed by atoms with Gasteiger partial charge in [-0.2, -0.15) is 0 Å². The Labute approximate surface area is 184 Å². The first-order valence-electron chi connectivity index (χ1n) is 11.2. The zero-order valence-corrected chi connectivity index (χ0v) is 18.9. The minimum absolute atomic E-state index is 0.0437. The van der Waals surface area contributed by atoms with Gasteiger partial charge < -0.3 is 9.32 Å². The molecule has 0 aliphatic carbocycles. The van der Waals surface area contributed by atoms with Gasteiger partial charge in [-0.3, -0.25) is 4.79 Å². The second kappa shape index (κ2) is 9.53. The molecule has 2 fully saturated rings. The van der Waals surface area contributed by atoms with Gasteiger partial charge in [-0.1, -0.05) is 30.3 Å². The van der Waals surface area contributed by atoms with Crippen LogP contribution in [0.5, 0.6) is 0 Å². The van der Waals surface area contributed by atoms with E-state index in [1.165, 1.54) is 6.42 Å². The third-order valence-electron chi connectivity index (χ3n) is 6.35. The van der Waals surface area contributed by atoms with Crippen LogP contribution in [-0.4, -0.2) is 60.4 Å². The van der Waals surface area contributed by atoms with Gasteiger partial charge in [-0.25, -0.2) is 17.7 Å². The molecular formula is C23H31N3O4S. The van der Waals surface area contributed by atoms with Gasteiger partial charge in [-0.15, -0.1) is 0 Å². The zero-order valence-electron chi connectivity index (χ0n) is 18.1. The number of hydrogen-bond acceptors (Lipinski definition) is 5. The first kappa shape index (κ1) is 22.0. The highest BCUT2D eigenvalue weighted by Gasteiger charge is 2.32. The lowest BCUT2D eigenvalue weighted by Gasteiger charge is -2.29. The fourth-order valence-corrected chi connectivity index (χ4v) is 5.96. The van der Waals surface area contributed by atoms with Crippen molar-refractivity contribution in [2.75, 3.05) is 31.9 Å². The quantitative estimate of drug-likeness (QED) is 0.681. The average Bonchev–Trinajstić information content (AvgIpc) is 3.20. The van der Waals surface area contributed by atoms with Crippen molar-refractivity contribution in [3.63, 3.8) is 0 Å². The van der Waals surface area contributed by atoms with Gasteiger partial charge in [0, 0.05) is 32.1 Å². The van der Waals surface area contributed by atoms with Crippen molar-refractivity contribution < 1.29 is 17.6 Å². The van der Waals surface area contributed by atoms with E-state index in [-0.39, 0.29) is 17.6 Å². The normalized spacial score (nSPS) is 18.9. The fraction of sp³-hybridized carbons (Fsp3) is 0.565. The molecule has 4 rings (SSSR count). The number of aryl methyl sites for hydroxylation is 2. The summed E-state index contributed by atoms with van der Waals surface area (Å²) < 4.78 is 33.0. The highest BCUT2D eigenvalue weighted by atomic mass is 32.2. The van der Waals surface area contributed by atoms with Crippen molar-refractivity contribution in [1.29, 1.82) is 0 Å². The van der Waals surface area contributed by atoms with Gasteiger partial charge >= 0.3 is 0 Å². The van der Waals surface area contributed by atoms with Gasteiger partial charge in [-0.05, 0) is 51.0 Å². The Bertz CT molecular complexity index is 989. The standard InChI is InChI=1S/C23H31N3O4S/c1-18-21(23(27)25-13-6-3-7-14-25)24-22(30-18)20-10-15-26(16-11-20)31(28,29)17-12-19-8-4-2-5-9-19/h2,4-5,8-9,20H,3,6-7,10-17H2,1H3. The summed E-state index contributed by atoms with van der Waals surface area (Å²) in [6.07, 6.45) is 5.06. The Morgan fingerprint density at radius 3 is 2.42 bits per heavy atom. The van der Waals surface area contributed by atoms with Crippen LogP contribution in [0.2, 0.25) is 0 Å². The summed E-state index contributed by atoms with van der Waals surface area (Å²) in [4.78, 5) is 19.2. The number of oxazole rings is 1. The minimum Gasteiger partial charge on any atom is -0.445 e. The molecular weight excluding hydrogens is 414 g/mol. The molecule has 1 aromatic carbocycles. The summed E-state index contributed by atoms with van der Waals surface area (Å²) in [5.74, 6) is 1.24. The molecule has 168 valence electrons. The largest absolute Gasteiger partial charge is 0.445 e. The summed E-state index contributed by atoms with van der Waals surface area (Å²) in [6.45, 7) is 4.26. The number of likely N-dealkylation sites (tertiary alicyclic amines) is 1. The zero-order chi connectivity index (χ0) is 21.8. The van der Waals surface area contributed by atoms with E-state index >= 15 is 0 Å². The van der Waals surface area contributed by atoms with Crippen LogP contribution >= 0.6 is 0 Å². The highest BCUT2D eigenvalue weighted by molar-refractivity contribution is 7.89. The Morgan fingerprint density at radius 1 is 1.06 bits per heavy atom. The number of aromatic nitrogens is 1. The summed E-state index contributed by atoms with van der Waals surface area (Å²) in [5.41, 5.74) is 1.44. The fourth-order valence-electron chi connectivity index (χ4n) is 4.44. The number of hydrogen-bond donors (Lipinski definition) is 0. The van der Waals surface area contributed by atoms with Crippen molar-refractivity contribution in [3.05, 3.63) is 53.2 Å². The van der Waals surface area contributed by atoms with E-state index in [0.717, 1.165) is 31.5 Å². The van der Waals surface area contributed by atoms with Gasteiger partial charge in [0.1, 0.15) is 5.76 Å². The lowest BCUT2D eigenvalue weighted by Crippen LogP contribution is -2.39. The Hall–Kier alpha value is -2.19. The maximum absolute atomic E-state index is 12.8. The minimum atomic E-state index is -3.30. The number of carbonyl (C=O) groups excluding carboxylic acids is 1. The van der Waals surface area contributed by atoms with Crippen molar-refractivity contribution in [3.8, 4) is 0 Å². The van der Waals surface area contributed by atoms with Gasteiger partial charge in [0.15, 0.2) is 11.6 Å².